The monoisotopic (exact) mass is 381 g/mol. The predicted octanol–water partition coefficient (Wildman–Crippen LogP) is 2.83. The lowest BCUT2D eigenvalue weighted by atomic mass is 10.1. The Morgan fingerprint density at radius 3 is 2.65 bits per heavy atom. The summed E-state index contributed by atoms with van der Waals surface area (Å²) in [7, 11) is -3.61. The maximum atomic E-state index is 13.2. The fraction of sp³-hybridized carbons (Fsp3) is 0.389. The normalized spacial score (nSPS) is 14.0. The van der Waals surface area contributed by atoms with Gasteiger partial charge in [0, 0.05) is 18.8 Å². The summed E-state index contributed by atoms with van der Waals surface area (Å²) in [5.74, 6) is 0.0000422. The van der Waals surface area contributed by atoms with Gasteiger partial charge in [-0.1, -0.05) is 25.5 Å². The van der Waals surface area contributed by atoms with E-state index >= 15 is 0 Å². The number of nitrogens with zero attached hydrogens (tertiary/aromatic N) is 1. The fourth-order valence-electron chi connectivity index (χ4n) is 2.50. The number of hydrogen-bond acceptors (Lipinski definition) is 5. The Bertz CT molecular complexity index is 813. The van der Waals surface area contributed by atoms with Crippen LogP contribution in [-0.4, -0.2) is 31.1 Å². The number of hydrogen-bond donors (Lipinski definition) is 3. The molecule has 0 saturated heterocycles. The number of aromatic nitrogens is 1. The highest BCUT2D eigenvalue weighted by molar-refractivity contribution is 7.89. The van der Waals surface area contributed by atoms with Crippen LogP contribution in [0.25, 0.3) is 0 Å². The first-order chi connectivity index (χ1) is 12.3. The second-order valence-corrected chi connectivity index (χ2v) is 7.86. The van der Waals surface area contributed by atoms with Crippen LogP contribution in [0.1, 0.15) is 38.4 Å². The molecule has 142 valence electrons. The van der Waals surface area contributed by atoms with E-state index in [1.807, 2.05) is 13.8 Å². The van der Waals surface area contributed by atoms with Gasteiger partial charge in [-0.25, -0.2) is 22.5 Å². The summed E-state index contributed by atoms with van der Waals surface area (Å²) in [6.45, 7) is 3.93. The fourth-order valence-corrected chi connectivity index (χ4v) is 3.72. The number of rotatable bonds is 9. The molecule has 2 rings (SSSR count). The maximum absolute atomic E-state index is 13.2. The molecule has 0 aliphatic heterocycles. The van der Waals surface area contributed by atoms with E-state index in [9.17, 15) is 17.9 Å². The Morgan fingerprint density at radius 2 is 2.04 bits per heavy atom. The molecule has 0 aliphatic carbocycles. The average Bonchev–Trinajstić information content (AvgIpc) is 2.59. The Balaban J connectivity index is 1.96. The molecule has 2 aromatic rings. The number of aliphatic hydroxyl groups excluding tert-OH is 1. The third kappa shape index (κ3) is 5.76. The molecule has 3 N–H and O–H groups in total. The highest BCUT2D eigenvalue weighted by Gasteiger charge is 2.17. The lowest BCUT2D eigenvalue weighted by Crippen LogP contribution is -2.32. The first-order valence-corrected chi connectivity index (χ1v) is 9.96. The van der Waals surface area contributed by atoms with E-state index in [0.29, 0.717) is 11.4 Å². The van der Waals surface area contributed by atoms with E-state index in [1.165, 1.54) is 36.5 Å². The maximum Gasteiger partial charge on any atom is 0.242 e. The van der Waals surface area contributed by atoms with Crippen LogP contribution in [0.3, 0.4) is 0 Å². The van der Waals surface area contributed by atoms with Crippen molar-refractivity contribution >= 4 is 15.8 Å². The summed E-state index contributed by atoms with van der Waals surface area (Å²) in [4.78, 5) is 4.15. The number of sulfonamides is 1. The minimum absolute atomic E-state index is 0.0803. The van der Waals surface area contributed by atoms with Crippen LogP contribution in [0.5, 0.6) is 0 Å². The van der Waals surface area contributed by atoms with Gasteiger partial charge < -0.3 is 10.4 Å². The number of anilines is 1. The highest BCUT2D eigenvalue weighted by Crippen LogP contribution is 2.16. The van der Waals surface area contributed by atoms with E-state index in [-0.39, 0.29) is 17.5 Å². The zero-order chi connectivity index (χ0) is 19.2. The number of halogens is 1. The molecule has 0 spiro atoms. The van der Waals surface area contributed by atoms with Gasteiger partial charge in [0.1, 0.15) is 16.5 Å². The summed E-state index contributed by atoms with van der Waals surface area (Å²) in [5.41, 5.74) is 0.450. The predicted molar refractivity (Wildman–Crippen MR) is 98.8 cm³/mol. The molecule has 0 amide bonds. The molecule has 1 aromatic carbocycles. The molecule has 26 heavy (non-hydrogen) atoms. The van der Waals surface area contributed by atoms with Gasteiger partial charge in [0.25, 0.3) is 0 Å². The van der Waals surface area contributed by atoms with Crippen LogP contribution in [-0.2, 0) is 10.0 Å². The molecule has 1 aromatic heterocycles. The van der Waals surface area contributed by atoms with Crippen molar-refractivity contribution in [3.63, 3.8) is 0 Å². The lowest BCUT2D eigenvalue weighted by Gasteiger charge is -2.14. The molecule has 8 heteroatoms. The third-order valence-electron chi connectivity index (χ3n) is 3.83. The van der Waals surface area contributed by atoms with Crippen molar-refractivity contribution in [2.45, 2.75) is 43.7 Å². The largest absolute Gasteiger partial charge is 0.387 e. The molecule has 0 radical (unpaired) electrons. The summed E-state index contributed by atoms with van der Waals surface area (Å²) in [6.07, 6.45) is 1.99. The summed E-state index contributed by atoms with van der Waals surface area (Å²) < 4.78 is 40.3. The van der Waals surface area contributed by atoms with Crippen molar-refractivity contribution in [3.8, 4) is 0 Å². The van der Waals surface area contributed by atoms with Gasteiger partial charge in [-0.05, 0) is 43.2 Å². The van der Waals surface area contributed by atoms with E-state index in [1.54, 1.807) is 6.07 Å². The minimum Gasteiger partial charge on any atom is -0.387 e. The number of pyridine rings is 1. The SMILES string of the molecule is CCCC(C)NS(=O)(=O)c1ccc(NCC(O)c2cccc(F)c2)nc1. The molecule has 0 saturated carbocycles. The van der Waals surface area contributed by atoms with Crippen LogP contribution in [0.4, 0.5) is 10.2 Å². The second kappa shape index (κ2) is 9.07. The zero-order valence-electron chi connectivity index (χ0n) is 14.8. The number of aliphatic hydroxyl groups is 1. The summed E-state index contributed by atoms with van der Waals surface area (Å²) in [5, 5.41) is 13.0. The molecular weight excluding hydrogens is 357 g/mol. The molecule has 0 aliphatic rings. The molecule has 2 unspecified atom stereocenters. The Kier molecular flexibility index (Phi) is 7.07. The number of benzene rings is 1. The van der Waals surface area contributed by atoms with Crippen LogP contribution in [0.2, 0.25) is 0 Å². The van der Waals surface area contributed by atoms with E-state index < -0.39 is 21.9 Å². The van der Waals surface area contributed by atoms with Gasteiger partial charge in [-0.2, -0.15) is 0 Å². The first-order valence-electron chi connectivity index (χ1n) is 8.47. The van der Waals surface area contributed by atoms with Gasteiger partial charge in [0.05, 0.1) is 6.10 Å². The van der Waals surface area contributed by atoms with Crippen LogP contribution in [0, 0.1) is 5.82 Å². The quantitative estimate of drug-likeness (QED) is 0.621. The Hall–Kier alpha value is -2.03. The van der Waals surface area contributed by atoms with Crippen molar-refractivity contribution in [1.29, 1.82) is 0 Å². The Labute approximate surface area is 153 Å². The Morgan fingerprint density at radius 1 is 1.27 bits per heavy atom. The molecule has 0 bridgehead atoms. The van der Waals surface area contributed by atoms with Crippen molar-refractivity contribution in [1.82, 2.24) is 9.71 Å². The second-order valence-electron chi connectivity index (χ2n) is 6.14. The molecule has 0 fully saturated rings. The van der Waals surface area contributed by atoms with Gasteiger partial charge in [0.2, 0.25) is 10.0 Å². The lowest BCUT2D eigenvalue weighted by molar-refractivity contribution is 0.191. The van der Waals surface area contributed by atoms with Crippen LogP contribution < -0.4 is 10.0 Å². The molecule has 2 atom stereocenters. The van der Waals surface area contributed by atoms with Gasteiger partial charge >= 0.3 is 0 Å². The van der Waals surface area contributed by atoms with Gasteiger partial charge in [0.15, 0.2) is 0 Å². The molecule has 1 heterocycles. The van der Waals surface area contributed by atoms with Crippen molar-refractivity contribution in [2.24, 2.45) is 0 Å². The average molecular weight is 381 g/mol. The van der Waals surface area contributed by atoms with Gasteiger partial charge in [-0.3, -0.25) is 0 Å². The zero-order valence-corrected chi connectivity index (χ0v) is 15.6. The number of nitrogens with one attached hydrogen (secondary N) is 2. The van der Waals surface area contributed by atoms with Crippen molar-refractivity contribution < 1.29 is 17.9 Å². The van der Waals surface area contributed by atoms with E-state index in [2.05, 4.69) is 15.0 Å². The van der Waals surface area contributed by atoms with Crippen LogP contribution >= 0.6 is 0 Å². The van der Waals surface area contributed by atoms with Gasteiger partial charge in [-0.15, -0.1) is 0 Å². The first kappa shape index (κ1) is 20.3. The van der Waals surface area contributed by atoms with E-state index in [0.717, 1.165) is 12.8 Å². The van der Waals surface area contributed by atoms with E-state index in [4.69, 9.17) is 0 Å². The summed E-state index contributed by atoms with van der Waals surface area (Å²) >= 11 is 0. The van der Waals surface area contributed by atoms with Crippen molar-refractivity contribution in [3.05, 3.63) is 54.0 Å². The van der Waals surface area contributed by atoms with Crippen LogP contribution in [0.15, 0.2) is 47.5 Å². The van der Waals surface area contributed by atoms with Crippen molar-refractivity contribution in [2.75, 3.05) is 11.9 Å². The molecule has 6 nitrogen and oxygen atoms in total. The standard InChI is InChI=1S/C18H24FN3O3S/c1-3-5-13(2)22-26(24,25)16-8-9-18(20-11-16)21-12-17(23)14-6-4-7-15(19)10-14/h4,6-11,13,17,22-23H,3,5,12H2,1-2H3,(H,20,21). The summed E-state index contributed by atoms with van der Waals surface area (Å²) in [6, 6.07) is 8.55. The smallest absolute Gasteiger partial charge is 0.242 e. The third-order valence-corrected chi connectivity index (χ3v) is 5.41. The highest BCUT2D eigenvalue weighted by atomic mass is 32.2. The minimum atomic E-state index is -3.61. The topological polar surface area (TPSA) is 91.3 Å². The molecular formula is C18H24FN3O3S.